The molecule has 0 saturated carbocycles. The molecule has 0 bridgehead atoms. The molecule has 6 heteroatoms. The number of benzene rings is 4. The van der Waals surface area contributed by atoms with Gasteiger partial charge in [0.05, 0.1) is 11.1 Å². The Bertz CT molecular complexity index is 1430. The van der Waals surface area contributed by atoms with Crippen molar-refractivity contribution in [2.75, 3.05) is 0 Å². The third-order valence-corrected chi connectivity index (χ3v) is 5.79. The maximum absolute atomic E-state index is 12.4. The van der Waals surface area contributed by atoms with Crippen LogP contribution in [0.15, 0.2) is 72.8 Å². The zero-order valence-corrected chi connectivity index (χ0v) is 21.6. The maximum Gasteiger partial charge on any atom is 0.196 e. The highest BCUT2D eigenvalue weighted by atomic mass is 16.3. The van der Waals surface area contributed by atoms with E-state index in [1.807, 2.05) is 27.7 Å². The lowest BCUT2D eigenvalue weighted by Crippen LogP contribution is -2.03. The molecular formula is C32H28O6. The van der Waals surface area contributed by atoms with E-state index in [0.717, 1.165) is 22.3 Å². The fraction of sp³-hybridized carbons (Fsp3) is 0.125. The number of phenolic OH excluding ortho intramolecular Hbond substituents is 2. The summed E-state index contributed by atoms with van der Waals surface area (Å²) < 4.78 is 0. The number of aromatic hydroxyl groups is 2. The summed E-state index contributed by atoms with van der Waals surface area (Å²) in [6, 6.07) is 19.6. The van der Waals surface area contributed by atoms with E-state index in [1.54, 1.807) is 48.5 Å². The second-order valence-electron chi connectivity index (χ2n) is 9.20. The van der Waals surface area contributed by atoms with Crippen LogP contribution < -0.4 is 0 Å². The van der Waals surface area contributed by atoms with Crippen molar-refractivity contribution in [1.29, 1.82) is 0 Å². The lowest BCUT2D eigenvalue weighted by molar-refractivity contribution is 0.102. The molecule has 0 spiro atoms. The highest BCUT2D eigenvalue weighted by Crippen LogP contribution is 2.24. The predicted octanol–water partition coefficient (Wildman–Crippen LogP) is 6.11. The summed E-state index contributed by atoms with van der Waals surface area (Å²) in [5, 5.41) is 19.5. The van der Waals surface area contributed by atoms with Crippen molar-refractivity contribution in [3.8, 4) is 11.5 Å². The van der Waals surface area contributed by atoms with Crippen LogP contribution in [-0.4, -0.2) is 34.4 Å². The van der Waals surface area contributed by atoms with Gasteiger partial charge in [0.1, 0.15) is 24.1 Å². The summed E-state index contributed by atoms with van der Waals surface area (Å²) in [5.74, 6) is -0.671. The largest absolute Gasteiger partial charge is 0.507 e. The first-order valence-electron chi connectivity index (χ1n) is 11.8. The molecule has 0 radical (unpaired) electrons. The first kappa shape index (κ1) is 27.7. The Morgan fingerprint density at radius 1 is 0.526 bits per heavy atom. The van der Waals surface area contributed by atoms with E-state index in [-0.39, 0.29) is 34.2 Å². The Balaban J connectivity index is 0.000000211. The molecular weight excluding hydrogens is 480 g/mol. The van der Waals surface area contributed by atoms with Crippen LogP contribution >= 0.6 is 0 Å². The van der Waals surface area contributed by atoms with Gasteiger partial charge in [-0.2, -0.15) is 0 Å². The Morgan fingerprint density at radius 3 is 1.24 bits per heavy atom. The standard InChI is InChI=1S/2C16H14O3/c2*1-10-3-4-15(18)14(7-10)16(19)13-6-11(2)5-12(8-13)9-17/h2*3-9,18H,1-2H3. The number of aryl methyl sites for hydroxylation is 4. The summed E-state index contributed by atoms with van der Waals surface area (Å²) >= 11 is 0. The third kappa shape index (κ3) is 6.68. The van der Waals surface area contributed by atoms with E-state index < -0.39 is 0 Å². The fourth-order valence-electron chi connectivity index (χ4n) is 4.00. The molecule has 0 unspecified atom stereocenters. The predicted molar refractivity (Wildman–Crippen MR) is 146 cm³/mol. The van der Waals surface area contributed by atoms with Crippen molar-refractivity contribution in [1.82, 2.24) is 0 Å². The van der Waals surface area contributed by atoms with E-state index in [0.29, 0.717) is 34.8 Å². The molecule has 2 N–H and O–H groups in total. The summed E-state index contributed by atoms with van der Waals surface area (Å²) in [6.07, 6.45) is 1.42. The molecule has 4 aromatic rings. The van der Waals surface area contributed by atoms with Crippen LogP contribution in [0.1, 0.15) is 74.8 Å². The van der Waals surface area contributed by atoms with Crippen LogP contribution in [0.5, 0.6) is 11.5 Å². The van der Waals surface area contributed by atoms with E-state index in [2.05, 4.69) is 0 Å². The van der Waals surface area contributed by atoms with Gasteiger partial charge in [-0.1, -0.05) is 23.3 Å². The van der Waals surface area contributed by atoms with Gasteiger partial charge in [0.2, 0.25) is 0 Å². The molecule has 0 aliphatic carbocycles. The van der Waals surface area contributed by atoms with Crippen molar-refractivity contribution >= 4 is 24.1 Å². The van der Waals surface area contributed by atoms with Crippen LogP contribution in [0.2, 0.25) is 0 Å². The number of phenols is 2. The van der Waals surface area contributed by atoms with E-state index in [1.165, 1.54) is 24.3 Å². The highest BCUT2D eigenvalue weighted by molar-refractivity contribution is 6.12. The highest BCUT2D eigenvalue weighted by Gasteiger charge is 2.16. The maximum atomic E-state index is 12.4. The fourth-order valence-corrected chi connectivity index (χ4v) is 4.00. The molecule has 4 rings (SSSR count). The van der Waals surface area contributed by atoms with Crippen LogP contribution in [0.4, 0.5) is 0 Å². The number of hydrogen-bond acceptors (Lipinski definition) is 6. The van der Waals surface area contributed by atoms with Gasteiger partial charge in [-0.15, -0.1) is 0 Å². The number of rotatable bonds is 6. The molecule has 0 atom stereocenters. The van der Waals surface area contributed by atoms with Crippen molar-refractivity contribution in [2.45, 2.75) is 27.7 Å². The van der Waals surface area contributed by atoms with Crippen molar-refractivity contribution in [3.05, 3.63) is 128 Å². The van der Waals surface area contributed by atoms with E-state index >= 15 is 0 Å². The van der Waals surface area contributed by atoms with Gasteiger partial charge in [-0.3, -0.25) is 19.2 Å². The molecule has 0 amide bonds. The van der Waals surface area contributed by atoms with Gasteiger partial charge in [0.15, 0.2) is 11.6 Å². The third-order valence-electron chi connectivity index (χ3n) is 5.79. The van der Waals surface area contributed by atoms with Crippen LogP contribution in [0.25, 0.3) is 0 Å². The zero-order chi connectivity index (χ0) is 28.0. The van der Waals surface area contributed by atoms with E-state index in [9.17, 15) is 29.4 Å². The molecule has 0 saturated heterocycles. The first-order chi connectivity index (χ1) is 18.0. The first-order valence-corrected chi connectivity index (χ1v) is 11.8. The summed E-state index contributed by atoms with van der Waals surface area (Å²) in [7, 11) is 0. The average Bonchev–Trinajstić information content (AvgIpc) is 2.90. The molecule has 0 fully saturated rings. The zero-order valence-electron chi connectivity index (χ0n) is 21.6. The van der Waals surface area contributed by atoms with Gasteiger partial charge in [0, 0.05) is 22.3 Å². The lowest BCUT2D eigenvalue weighted by Gasteiger charge is -2.07. The van der Waals surface area contributed by atoms with Crippen molar-refractivity contribution < 1.29 is 29.4 Å². The van der Waals surface area contributed by atoms with Gasteiger partial charge in [0.25, 0.3) is 0 Å². The summed E-state index contributed by atoms with van der Waals surface area (Å²) in [6.45, 7) is 7.34. The second kappa shape index (κ2) is 11.9. The monoisotopic (exact) mass is 508 g/mol. The number of hydrogen-bond donors (Lipinski definition) is 2. The van der Waals surface area contributed by atoms with Gasteiger partial charge >= 0.3 is 0 Å². The van der Waals surface area contributed by atoms with Crippen LogP contribution in [0.3, 0.4) is 0 Å². The molecule has 0 aliphatic heterocycles. The molecule has 4 aromatic carbocycles. The minimum absolute atomic E-state index is 0.0511. The average molecular weight is 509 g/mol. The minimum atomic E-state index is -0.284. The van der Waals surface area contributed by atoms with Crippen molar-refractivity contribution in [2.24, 2.45) is 0 Å². The number of carbonyl (C=O) groups is 4. The molecule has 192 valence electrons. The quantitative estimate of drug-likeness (QED) is 0.240. The summed E-state index contributed by atoms with van der Waals surface area (Å²) in [4.78, 5) is 46.4. The lowest BCUT2D eigenvalue weighted by atomic mass is 9.97. The molecule has 0 aromatic heterocycles. The van der Waals surface area contributed by atoms with Gasteiger partial charge < -0.3 is 10.2 Å². The van der Waals surface area contributed by atoms with Crippen LogP contribution in [-0.2, 0) is 0 Å². The van der Waals surface area contributed by atoms with E-state index in [4.69, 9.17) is 0 Å². The van der Waals surface area contributed by atoms with Gasteiger partial charge in [-0.05, 0) is 99.5 Å². The van der Waals surface area contributed by atoms with Crippen LogP contribution in [0, 0.1) is 27.7 Å². The number of aldehydes is 2. The molecule has 0 aliphatic rings. The number of carbonyl (C=O) groups excluding carboxylic acids is 4. The van der Waals surface area contributed by atoms with Gasteiger partial charge in [-0.25, -0.2) is 0 Å². The molecule has 6 nitrogen and oxygen atoms in total. The molecule has 38 heavy (non-hydrogen) atoms. The summed E-state index contributed by atoms with van der Waals surface area (Å²) in [5.41, 5.74) is 5.68. The number of ketones is 2. The Morgan fingerprint density at radius 2 is 0.895 bits per heavy atom. The van der Waals surface area contributed by atoms with Crippen molar-refractivity contribution in [3.63, 3.8) is 0 Å². The normalized spacial score (nSPS) is 10.2. The SMILES string of the molecule is Cc1cc(C=O)cc(C(=O)c2cc(C)ccc2O)c1.Cc1cc(C=O)cc(C(=O)c2cc(C)ccc2O)c1. The Hall–Kier alpha value is -4.84. The topological polar surface area (TPSA) is 109 Å². The smallest absolute Gasteiger partial charge is 0.196 e. The minimum Gasteiger partial charge on any atom is -0.507 e. The Labute approximate surface area is 221 Å². The second-order valence-corrected chi connectivity index (χ2v) is 9.20. The Kier molecular flexibility index (Phi) is 8.71. The molecule has 0 heterocycles.